The summed E-state index contributed by atoms with van der Waals surface area (Å²) in [6.45, 7) is 12.3. The lowest BCUT2D eigenvalue weighted by Gasteiger charge is -2.45. The third-order valence-corrected chi connectivity index (χ3v) is 7.59. The van der Waals surface area contributed by atoms with Crippen molar-refractivity contribution in [3.05, 3.63) is 0 Å². The van der Waals surface area contributed by atoms with Crippen LogP contribution in [0.3, 0.4) is 0 Å². The van der Waals surface area contributed by atoms with Crippen molar-refractivity contribution in [3.63, 3.8) is 0 Å². The molecule has 0 amide bonds. The van der Waals surface area contributed by atoms with E-state index in [1.165, 1.54) is 12.0 Å². The molecule has 26 heavy (non-hydrogen) atoms. The van der Waals surface area contributed by atoms with Gasteiger partial charge in [-0.15, -0.1) is 9.32 Å². The summed E-state index contributed by atoms with van der Waals surface area (Å²) in [6, 6.07) is 0. The van der Waals surface area contributed by atoms with Gasteiger partial charge in [0, 0.05) is 37.3 Å². The number of hydrogen-bond acceptors (Lipinski definition) is 7. The van der Waals surface area contributed by atoms with E-state index in [0.29, 0.717) is 11.7 Å². The molecule has 0 N–H and O–H groups in total. The maximum Gasteiger partial charge on any atom is 0.337 e. The van der Waals surface area contributed by atoms with Gasteiger partial charge in [-0.25, -0.2) is 4.79 Å². The zero-order chi connectivity index (χ0) is 19.0. The highest BCUT2D eigenvalue weighted by Crippen LogP contribution is 2.73. The molecule has 1 heterocycles. The van der Waals surface area contributed by atoms with Crippen LogP contribution in [-0.2, 0) is 23.6 Å². The molecule has 3 fully saturated rings. The molecule has 1 aliphatic heterocycles. The van der Waals surface area contributed by atoms with Gasteiger partial charge in [0.25, 0.3) is 0 Å². The molecule has 3 unspecified atom stereocenters. The minimum atomic E-state index is -0.807. The Balaban J connectivity index is 1.66. The Kier molecular flexibility index (Phi) is 5.95. The topological polar surface area (TPSA) is 57.2 Å². The maximum absolute atomic E-state index is 12.1. The van der Waals surface area contributed by atoms with Crippen molar-refractivity contribution in [3.8, 4) is 0 Å². The molecule has 2 bridgehead atoms. The molecule has 1 spiro atoms. The predicted molar refractivity (Wildman–Crippen MR) is 99.7 cm³/mol. The van der Waals surface area contributed by atoms with Crippen molar-refractivity contribution in [2.24, 2.45) is 16.7 Å². The second-order valence-electron chi connectivity index (χ2n) is 8.51. The van der Waals surface area contributed by atoms with Gasteiger partial charge >= 0.3 is 5.97 Å². The number of hydroxylamine groups is 2. The van der Waals surface area contributed by atoms with Crippen molar-refractivity contribution >= 4 is 18.0 Å². The molecule has 4 atom stereocenters. The van der Waals surface area contributed by atoms with Crippen molar-refractivity contribution in [1.29, 1.82) is 0 Å². The molecule has 0 radical (unpaired) electrons. The van der Waals surface area contributed by atoms with E-state index >= 15 is 0 Å². The van der Waals surface area contributed by atoms with Crippen LogP contribution in [0.15, 0.2) is 0 Å². The van der Waals surface area contributed by atoms with E-state index in [-0.39, 0.29) is 16.8 Å². The minimum Gasteiger partial charge on any atom is -0.430 e. The Morgan fingerprint density at radius 1 is 1.27 bits per heavy atom. The fourth-order valence-corrected chi connectivity index (χ4v) is 6.31. The number of hydrogen-bond donors (Lipinski definition) is 0. The highest BCUT2D eigenvalue weighted by molar-refractivity contribution is 7.94. The summed E-state index contributed by atoms with van der Waals surface area (Å²) in [6.07, 6.45) is 4.44. The summed E-state index contributed by atoms with van der Waals surface area (Å²) >= 11 is 1.31. The van der Waals surface area contributed by atoms with Crippen LogP contribution in [0, 0.1) is 16.7 Å². The van der Waals surface area contributed by atoms with Gasteiger partial charge < -0.3 is 9.47 Å². The summed E-state index contributed by atoms with van der Waals surface area (Å²) < 4.78 is 17.5. The Morgan fingerprint density at radius 2 is 1.96 bits per heavy atom. The number of rotatable bonds is 9. The van der Waals surface area contributed by atoms with Gasteiger partial charge in [0.15, 0.2) is 6.10 Å². The minimum absolute atomic E-state index is 0.0280. The largest absolute Gasteiger partial charge is 0.430 e. The quantitative estimate of drug-likeness (QED) is 0.194. The molecule has 3 aliphatic rings. The van der Waals surface area contributed by atoms with Crippen molar-refractivity contribution in [2.45, 2.75) is 78.6 Å². The van der Waals surface area contributed by atoms with E-state index in [0.717, 1.165) is 45.2 Å². The molecule has 0 aromatic carbocycles. The van der Waals surface area contributed by atoms with Crippen LogP contribution in [0.1, 0.15) is 66.7 Å². The summed E-state index contributed by atoms with van der Waals surface area (Å²) in [5.74, 6) is 0.132. The standard InChI is InChI=1S/C19H33NO5S/c1-6-10-20(11-7-2)24-25-26-13-18-9-8-15(17(18,4)5)12-19(18)22-14(3)16(21)23-19/h14-15H,6-13H2,1-5H3/t14-,15?,18?,19?/m1/s1. The lowest BCUT2D eigenvalue weighted by Crippen LogP contribution is -2.52. The summed E-state index contributed by atoms with van der Waals surface area (Å²) in [7, 11) is 0. The molecular weight excluding hydrogens is 354 g/mol. The Morgan fingerprint density at radius 3 is 2.50 bits per heavy atom. The zero-order valence-electron chi connectivity index (χ0n) is 16.7. The molecular formula is C19H33NO5S. The first kappa shape index (κ1) is 20.4. The van der Waals surface area contributed by atoms with Crippen LogP contribution in [0.4, 0.5) is 0 Å². The van der Waals surface area contributed by atoms with Crippen LogP contribution < -0.4 is 0 Å². The first-order valence-corrected chi connectivity index (χ1v) is 10.8. The normalized spacial score (nSPS) is 37.8. The van der Waals surface area contributed by atoms with E-state index in [1.807, 2.05) is 5.06 Å². The van der Waals surface area contributed by atoms with Gasteiger partial charge in [0.2, 0.25) is 5.79 Å². The molecule has 1 saturated heterocycles. The number of fused-ring (bicyclic) bond motifs is 3. The average Bonchev–Trinajstić information content (AvgIpc) is 3.06. The van der Waals surface area contributed by atoms with Crippen LogP contribution in [0.2, 0.25) is 0 Å². The fraction of sp³-hybridized carbons (Fsp3) is 0.947. The first-order chi connectivity index (χ1) is 12.3. The number of carbonyl (C=O) groups excluding carboxylic acids is 1. The van der Waals surface area contributed by atoms with Crippen LogP contribution >= 0.6 is 12.0 Å². The van der Waals surface area contributed by atoms with Gasteiger partial charge in [-0.3, -0.25) is 0 Å². The molecule has 0 aromatic heterocycles. The van der Waals surface area contributed by atoms with Gasteiger partial charge in [-0.2, -0.15) is 5.06 Å². The highest BCUT2D eigenvalue weighted by Gasteiger charge is 2.76. The molecule has 3 rings (SSSR count). The number of esters is 1. The molecule has 6 nitrogen and oxygen atoms in total. The molecule has 0 aromatic rings. The SMILES string of the molecule is CCCN(CCC)OOSCC12CCC(CC13OC(=O)[C@@H](C)O3)C2(C)C. The van der Waals surface area contributed by atoms with Crippen LogP contribution in [0.25, 0.3) is 0 Å². The zero-order valence-corrected chi connectivity index (χ0v) is 17.5. The van der Waals surface area contributed by atoms with Crippen molar-refractivity contribution in [2.75, 3.05) is 18.8 Å². The van der Waals surface area contributed by atoms with E-state index in [2.05, 4.69) is 27.7 Å². The van der Waals surface area contributed by atoms with E-state index in [9.17, 15) is 4.79 Å². The smallest absolute Gasteiger partial charge is 0.337 e. The molecule has 2 aliphatic carbocycles. The monoisotopic (exact) mass is 387 g/mol. The van der Waals surface area contributed by atoms with Gasteiger partial charge in [-0.05, 0) is 43.9 Å². The molecule has 2 saturated carbocycles. The van der Waals surface area contributed by atoms with Gasteiger partial charge in [0.1, 0.15) is 0 Å². The number of ether oxygens (including phenoxy) is 2. The maximum atomic E-state index is 12.1. The Labute approximate surface area is 161 Å². The Hall–Kier alpha value is -0.340. The first-order valence-electron chi connectivity index (χ1n) is 9.94. The lowest BCUT2D eigenvalue weighted by molar-refractivity contribution is -0.360. The van der Waals surface area contributed by atoms with Crippen molar-refractivity contribution < 1.29 is 23.6 Å². The molecule has 150 valence electrons. The second-order valence-corrected chi connectivity index (χ2v) is 9.17. The highest BCUT2D eigenvalue weighted by atomic mass is 32.2. The predicted octanol–water partition coefficient (Wildman–Crippen LogP) is 4.10. The van der Waals surface area contributed by atoms with E-state index < -0.39 is 11.9 Å². The number of nitrogens with zero attached hydrogens (tertiary/aromatic N) is 1. The van der Waals surface area contributed by atoms with Gasteiger partial charge in [0.05, 0.1) is 5.41 Å². The van der Waals surface area contributed by atoms with Crippen LogP contribution in [-0.4, -0.2) is 41.8 Å². The number of carbonyl (C=O) groups is 1. The third-order valence-electron chi connectivity index (χ3n) is 6.82. The van der Waals surface area contributed by atoms with E-state index in [4.69, 9.17) is 18.8 Å². The second kappa shape index (κ2) is 7.59. The third kappa shape index (κ3) is 3.09. The van der Waals surface area contributed by atoms with Gasteiger partial charge in [-0.1, -0.05) is 27.7 Å². The van der Waals surface area contributed by atoms with Crippen molar-refractivity contribution in [1.82, 2.24) is 5.06 Å². The summed E-state index contributed by atoms with van der Waals surface area (Å²) in [4.78, 5) is 17.6. The van der Waals surface area contributed by atoms with E-state index in [1.54, 1.807) is 6.92 Å². The molecule has 7 heteroatoms. The average molecular weight is 388 g/mol. The summed E-state index contributed by atoms with van der Waals surface area (Å²) in [5, 5.41) is 1.85. The summed E-state index contributed by atoms with van der Waals surface area (Å²) in [5.41, 5.74) is -0.223. The van der Waals surface area contributed by atoms with Crippen LogP contribution in [0.5, 0.6) is 0 Å². The lowest BCUT2D eigenvalue weighted by atomic mass is 9.68. The Bertz CT molecular complexity index is 524. The fourth-order valence-electron chi connectivity index (χ4n) is 5.20.